The van der Waals surface area contributed by atoms with Crippen LogP contribution in [0.3, 0.4) is 0 Å². The van der Waals surface area contributed by atoms with Gasteiger partial charge in [0.25, 0.3) is 5.82 Å². The lowest BCUT2D eigenvalue weighted by Crippen LogP contribution is -2.42. The average Bonchev–Trinajstić information content (AvgIpc) is 2.49. The Bertz CT molecular complexity index is 627. The summed E-state index contributed by atoms with van der Waals surface area (Å²) in [5.74, 6) is 1.19. The van der Waals surface area contributed by atoms with Gasteiger partial charge in [-0.25, -0.2) is 4.57 Å². The molecule has 0 atom stereocenters. The van der Waals surface area contributed by atoms with Crippen LogP contribution in [0.1, 0.15) is 28.7 Å². The van der Waals surface area contributed by atoms with Crippen LogP contribution < -0.4 is 10.3 Å². The molecule has 2 N–H and O–H groups in total. The fourth-order valence-corrected chi connectivity index (χ4v) is 2.01. The monoisotopic (exact) mass is 286 g/mol. The molecule has 1 aromatic heterocycles. The quantitative estimate of drug-likeness (QED) is 0.648. The number of ether oxygens (including phenoxy) is 1. The normalized spacial score (nSPS) is 10.6. The van der Waals surface area contributed by atoms with Gasteiger partial charge in [-0.3, -0.25) is 4.79 Å². The van der Waals surface area contributed by atoms with E-state index in [0.29, 0.717) is 30.4 Å². The molecule has 0 saturated heterocycles. The van der Waals surface area contributed by atoms with Crippen molar-refractivity contribution in [2.45, 2.75) is 27.0 Å². The minimum absolute atomic E-state index is 0.0395. The number of nitrogen functional groups attached to an aromatic ring is 1. The fourth-order valence-electron chi connectivity index (χ4n) is 2.01. The molecule has 0 amide bonds. The van der Waals surface area contributed by atoms with E-state index in [9.17, 15) is 4.79 Å². The highest BCUT2D eigenvalue weighted by Crippen LogP contribution is 2.08. The molecule has 21 heavy (non-hydrogen) atoms. The lowest BCUT2D eigenvalue weighted by Gasteiger charge is -2.06. The van der Waals surface area contributed by atoms with Gasteiger partial charge < -0.3 is 10.5 Å². The maximum atomic E-state index is 12.3. The number of benzene rings is 1. The summed E-state index contributed by atoms with van der Waals surface area (Å²) in [6.45, 7) is 5.00. The van der Waals surface area contributed by atoms with Gasteiger partial charge in [-0.05, 0) is 11.9 Å². The number of ketones is 1. The number of hydrogen-bond acceptors (Lipinski definition) is 4. The molecule has 0 radical (unpaired) electrons. The molecule has 0 fully saturated rings. The van der Waals surface area contributed by atoms with Gasteiger partial charge in [-0.1, -0.05) is 30.3 Å². The highest BCUT2D eigenvalue weighted by molar-refractivity contribution is 5.94. The van der Waals surface area contributed by atoms with Crippen molar-refractivity contribution in [1.29, 1.82) is 0 Å². The van der Waals surface area contributed by atoms with E-state index in [4.69, 9.17) is 10.5 Å². The number of aromatic nitrogens is 2. The number of carbonyl (C=O) groups is 1. The van der Waals surface area contributed by atoms with Gasteiger partial charge in [0.05, 0.1) is 12.2 Å². The molecule has 1 aromatic carbocycles. The maximum Gasteiger partial charge on any atom is 0.298 e. The van der Waals surface area contributed by atoms with E-state index in [1.165, 1.54) is 0 Å². The number of nitrogens with two attached hydrogens (primary N) is 1. The number of anilines is 1. The molecular formula is C16H20N3O2+. The molecule has 110 valence electrons. The first-order valence-electron chi connectivity index (χ1n) is 6.93. The number of aryl methyl sites for hydroxylation is 1. The van der Waals surface area contributed by atoms with Crippen molar-refractivity contribution in [1.82, 2.24) is 4.98 Å². The molecule has 2 rings (SSSR count). The van der Waals surface area contributed by atoms with Crippen molar-refractivity contribution in [2.75, 3.05) is 12.3 Å². The van der Waals surface area contributed by atoms with Crippen molar-refractivity contribution >= 4 is 11.6 Å². The van der Waals surface area contributed by atoms with E-state index < -0.39 is 0 Å². The van der Waals surface area contributed by atoms with Gasteiger partial charge in [-0.2, -0.15) is 0 Å². The molecular weight excluding hydrogens is 266 g/mol. The second kappa shape index (κ2) is 6.95. The van der Waals surface area contributed by atoms with Gasteiger partial charge in [0.15, 0.2) is 6.54 Å². The van der Waals surface area contributed by atoms with E-state index in [1.54, 1.807) is 4.57 Å². The number of Topliss-reactive ketones (excluding diaryl/α,β-unsaturated/α-hetero) is 1. The van der Waals surface area contributed by atoms with Crippen LogP contribution in [0.25, 0.3) is 0 Å². The summed E-state index contributed by atoms with van der Waals surface area (Å²) < 4.78 is 7.17. The van der Waals surface area contributed by atoms with Gasteiger partial charge in [-0.15, -0.1) is 0 Å². The lowest BCUT2D eigenvalue weighted by atomic mass is 10.1. The number of rotatable bonds is 6. The second-order valence-corrected chi connectivity index (χ2v) is 4.75. The number of carbonyl (C=O) groups excluding carboxylic acids is 1. The van der Waals surface area contributed by atoms with Gasteiger partial charge in [0.2, 0.25) is 11.6 Å². The first-order valence-corrected chi connectivity index (χ1v) is 6.93. The first-order chi connectivity index (χ1) is 10.1. The predicted octanol–water partition coefficient (Wildman–Crippen LogP) is 1.68. The molecule has 0 aliphatic rings. The Kier molecular flexibility index (Phi) is 5.00. The first kappa shape index (κ1) is 15.1. The minimum atomic E-state index is 0.0395. The van der Waals surface area contributed by atoms with Crippen molar-refractivity contribution in [3.8, 4) is 0 Å². The summed E-state index contributed by atoms with van der Waals surface area (Å²) in [5.41, 5.74) is 7.37. The van der Waals surface area contributed by atoms with Crippen LogP contribution >= 0.6 is 0 Å². The Balaban J connectivity index is 2.21. The Hall–Kier alpha value is -2.27. The van der Waals surface area contributed by atoms with E-state index in [0.717, 1.165) is 5.56 Å². The van der Waals surface area contributed by atoms with E-state index >= 15 is 0 Å². The third-order valence-corrected chi connectivity index (χ3v) is 3.21. The highest BCUT2D eigenvalue weighted by atomic mass is 16.5. The summed E-state index contributed by atoms with van der Waals surface area (Å²) in [4.78, 5) is 16.5. The van der Waals surface area contributed by atoms with Crippen LogP contribution in [-0.4, -0.2) is 17.4 Å². The summed E-state index contributed by atoms with van der Waals surface area (Å²) in [6.07, 6.45) is 1.84. The Morgan fingerprint density at radius 3 is 2.71 bits per heavy atom. The minimum Gasteiger partial charge on any atom is -0.377 e. The van der Waals surface area contributed by atoms with Crippen LogP contribution in [0.4, 0.5) is 5.82 Å². The van der Waals surface area contributed by atoms with Crippen LogP contribution in [0.5, 0.6) is 0 Å². The SMILES string of the molecule is CCOCc1c[n+](CC(=O)c2ccccc2)c(C)nc1N. The van der Waals surface area contributed by atoms with Crippen molar-refractivity contribution in [3.63, 3.8) is 0 Å². The topological polar surface area (TPSA) is 69.1 Å². The lowest BCUT2D eigenvalue weighted by molar-refractivity contribution is -0.692. The van der Waals surface area contributed by atoms with Crippen LogP contribution in [0.15, 0.2) is 36.5 Å². The predicted molar refractivity (Wildman–Crippen MR) is 79.7 cm³/mol. The fraction of sp³-hybridized carbons (Fsp3) is 0.312. The molecule has 0 aliphatic carbocycles. The molecule has 0 saturated carbocycles. The largest absolute Gasteiger partial charge is 0.377 e. The summed E-state index contributed by atoms with van der Waals surface area (Å²) in [5, 5.41) is 0. The third kappa shape index (κ3) is 3.86. The smallest absolute Gasteiger partial charge is 0.298 e. The van der Waals surface area contributed by atoms with Crippen LogP contribution in [0, 0.1) is 6.92 Å². The molecule has 0 spiro atoms. The molecule has 0 unspecified atom stereocenters. The third-order valence-electron chi connectivity index (χ3n) is 3.21. The van der Waals surface area contributed by atoms with Crippen LogP contribution in [-0.2, 0) is 17.9 Å². The molecule has 0 aliphatic heterocycles. The van der Waals surface area contributed by atoms with Crippen molar-refractivity contribution in [2.24, 2.45) is 0 Å². The molecule has 0 bridgehead atoms. The molecule has 5 heteroatoms. The summed E-state index contributed by atoms with van der Waals surface area (Å²) in [7, 11) is 0. The summed E-state index contributed by atoms with van der Waals surface area (Å²) in [6, 6.07) is 9.22. The van der Waals surface area contributed by atoms with Crippen LogP contribution in [0.2, 0.25) is 0 Å². The second-order valence-electron chi connectivity index (χ2n) is 4.75. The highest BCUT2D eigenvalue weighted by Gasteiger charge is 2.17. The molecule has 2 aromatic rings. The van der Waals surface area contributed by atoms with E-state index in [2.05, 4.69) is 4.98 Å². The van der Waals surface area contributed by atoms with Gasteiger partial charge >= 0.3 is 0 Å². The number of hydrogen-bond donors (Lipinski definition) is 1. The van der Waals surface area contributed by atoms with Crippen molar-refractivity contribution < 1.29 is 14.1 Å². The zero-order valence-electron chi connectivity index (χ0n) is 12.4. The van der Waals surface area contributed by atoms with Gasteiger partial charge in [0, 0.05) is 19.1 Å². The molecule has 1 heterocycles. The summed E-state index contributed by atoms with van der Waals surface area (Å²) >= 11 is 0. The van der Waals surface area contributed by atoms with Crippen molar-refractivity contribution in [3.05, 3.63) is 53.5 Å². The molecule has 5 nitrogen and oxygen atoms in total. The standard InChI is InChI=1S/C16H19N3O2/c1-3-21-11-14-9-19(12(2)18-16(14)17)10-15(20)13-7-5-4-6-8-13/h4-9,17H,3,10-11H2,1-2H3/p+1. The maximum absolute atomic E-state index is 12.3. The average molecular weight is 286 g/mol. The Labute approximate surface area is 124 Å². The van der Waals surface area contributed by atoms with E-state index in [1.807, 2.05) is 50.4 Å². The number of nitrogens with zero attached hydrogens (tertiary/aromatic N) is 2. The van der Waals surface area contributed by atoms with Gasteiger partial charge in [0.1, 0.15) is 6.20 Å². The van der Waals surface area contributed by atoms with E-state index in [-0.39, 0.29) is 12.3 Å². The Morgan fingerprint density at radius 2 is 2.05 bits per heavy atom. The zero-order valence-corrected chi connectivity index (χ0v) is 12.4. The Morgan fingerprint density at radius 1 is 1.33 bits per heavy atom. The zero-order chi connectivity index (χ0) is 15.2.